The normalized spacial score (nSPS) is 27.0. The number of hydrogen-bond donors (Lipinski definition) is 1. The third kappa shape index (κ3) is 3.10. The summed E-state index contributed by atoms with van der Waals surface area (Å²) in [5.41, 5.74) is 2.85. The van der Waals surface area contributed by atoms with E-state index in [0.717, 1.165) is 73.4 Å². The molecule has 1 amide bonds. The second-order valence-corrected chi connectivity index (χ2v) is 9.53. The molecule has 6 nitrogen and oxygen atoms in total. The SMILES string of the molecule is CC[C@]1(CO)C[C@H]2CC[C@@H]1N2C(=O)COc1ccc2c3c(c(=O)oc2c1C)CCCC3. The van der Waals surface area contributed by atoms with Crippen LogP contribution in [0.1, 0.15) is 62.1 Å². The Kier molecular flexibility index (Phi) is 5.08. The van der Waals surface area contributed by atoms with Crippen molar-refractivity contribution in [3.63, 3.8) is 0 Å². The Morgan fingerprint density at radius 1 is 1.26 bits per heavy atom. The molecular formula is C25H31NO5. The van der Waals surface area contributed by atoms with E-state index < -0.39 is 0 Å². The molecule has 3 heterocycles. The van der Waals surface area contributed by atoms with Crippen LogP contribution in [0.25, 0.3) is 11.0 Å². The largest absolute Gasteiger partial charge is 0.483 e. The lowest BCUT2D eigenvalue weighted by atomic mass is 9.72. The molecule has 6 heteroatoms. The van der Waals surface area contributed by atoms with Gasteiger partial charge < -0.3 is 19.2 Å². The Morgan fingerprint density at radius 3 is 2.74 bits per heavy atom. The molecule has 3 aliphatic rings. The van der Waals surface area contributed by atoms with E-state index in [1.807, 2.05) is 24.0 Å². The number of aliphatic hydroxyl groups excluding tert-OH is 1. The fraction of sp³-hybridized carbons (Fsp3) is 0.600. The Balaban J connectivity index is 1.38. The van der Waals surface area contributed by atoms with Crippen molar-refractivity contribution in [2.75, 3.05) is 13.2 Å². The van der Waals surface area contributed by atoms with Gasteiger partial charge in [-0.1, -0.05) is 6.92 Å². The van der Waals surface area contributed by atoms with Gasteiger partial charge in [0.15, 0.2) is 6.61 Å². The van der Waals surface area contributed by atoms with Crippen molar-refractivity contribution in [2.24, 2.45) is 5.41 Å². The van der Waals surface area contributed by atoms with Crippen LogP contribution in [0, 0.1) is 12.3 Å². The molecule has 0 saturated carbocycles. The van der Waals surface area contributed by atoms with Gasteiger partial charge in [-0.3, -0.25) is 4.79 Å². The van der Waals surface area contributed by atoms with Crippen LogP contribution in [-0.2, 0) is 17.6 Å². The molecule has 1 aliphatic carbocycles. The molecule has 166 valence electrons. The second kappa shape index (κ2) is 7.66. The topological polar surface area (TPSA) is 80.0 Å². The van der Waals surface area contributed by atoms with Gasteiger partial charge in [0.2, 0.25) is 0 Å². The van der Waals surface area contributed by atoms with E-state index in [1.165, 1.54) is 0 Å². The Hall–Kier alpha value is -2.34. The maximum absolute atomic E-state index is 13.1. The number of aryl methyl sites for hydroxylation is 2. The summed E-state index contributed by atoms with van der Waals surface area (Å²) >= 11 is 0. The molecule has 0 radical (unpaired) electrons. The Morgan fingerprint density at radius 2 is 2.03 bits per heavy atom. The number of carbonyl (C=O) groups is 1. The average Bonchev–Trinajstić information content (AvgIpc) is 3.35. The molecule has 2 aliphatic heterocycles. The fourth-order valence-corrected chi connectivity index (χ4v) is 6.32. The summed E-state index contributed by atoms with van der Waals surface area (Å²) in [7, 11) is 0. The molecule has 3 atom stereocenters. The van der Waals surface area contributed by atoms with Gasteiger partial charge in [0, 0.05) is 34.0 Å². The molecule has 31 heavy (non-hydrogen) atoms. The molecule has 2 aromatic rings. The smallest absolute Gasteiger partial charge is 0.339 e. The highest BCUT2D eigenvalue weighted by molar-refractivity contribution is 5.86. The van der Waals surface area contributed by atoms with Crippen molar-refractivity contribution in [1.29, 1.82) is 0 Å². The van der Waals surface area contributed by atoms with Crippen LogP contribution in [-0.4, -0.2) is 41.2 Å². The van der Waals surface area contributed by atoms with Crippen molar-refractivity contribution in [3.05, 3.63) is 39.2 Å². The quantitative estimate of drug-likeness (QED) is 0.742. The van der Waals surface area contributed by atoms with E-state index in [4.69, 9.17) is 9.15 Å². The number of ether oxygens (including phenoxy) is 1. The zero-order valence-corrected chi connectivity index (χ0v) is 18.4. The number of carbonyl (C=O) groups excluding carboxylic acids is 1. The number of fused-ring (bicyclic) bond motifs is 5. The lowest BCUT2D eigenvalue weighted by molar-refractivity contribution is -0.135. The van der Waals surface area contributed by atoms with E-state index in [9.17, 15) is 14.7 Å². The maximum Gasteiger partial charge on any atom is 0.339 e. The van der Waals surface area contributed by atoms with E-state index >= 15 is 0 Å². The minimum atomic E-state index is -0.243. The maximum atomic E-state index is 13.1. The van der Waals surface area contributed by atoms with Crippen LogP contribution >= 0.6 is 0 Å². The van der Waals surface area contributed by atoms with E-state index in [-0.39, 0.29) is 42.2 Å². The highest BCUT2D eigenvalue weighted by Crippen LogP contribution is 2.51. The lowest BCUT2D eigenvalue weighted by Gasteiger charge is -2.34. The fourth-order valence-electron chi connectivity index (χ4n) is 6.32. The molecule has 2 saturated heterocycles. The van der Waals surface area contributed by atoms with Gasteiger partial charge in [-0.25, -0.2) is 4.79 Å². The molecular weight excluding hydrogens is 394 g/mol. The lowest BCUT2D eigenvalue weighted by Crippen LogP contribution is -2.44. The van der Waals surface area contributed by atoms with Crippen LogP contribution in [0.15, 0.2) is 21.3 Å². The zero-order valence-electron chi connectivity index (χ0n) is 18.4. The summed E-state index contributed by atoms with van der Waals surface area (Å²) in [6, 6.07) is 4.16. The first kappa shape index (κ1) is 20.6. The second-order valence-electron chi connectivity index (χ2n) is 9.53. The predicted molar refractivity (Wildman–Crippen MR) is 117 cm³/mol. The van der Waals surface area contributed by atoms with Crippen molar-refractivity contribution < 1.29 is 19.1 Å². The molecule has 2 bridgehead atoms. The van der Waals surface area contributed by atoms with Crippen molar-refractivity contribution >= 4 is 16.9 Å². The van der Waals surface area contributed by atoms with Gasteiger partial charge in [-0.05, 0) is 76.0 Å². The molecule has 1 aromatic carbocycles. The molecule has 1 N–H and O–H groups in total. The van der Waals surface area contributed by atoms with Crippen LogP contribution in [0.4, 0.5) is 0 Å². The number of benzene rings is 1. The number of nitrogens with zero attached hydrogens (tertiary/aromatic N) is 1. The first-order chi connectivity index (χ1) is 15.0. The van der Waals surface area contributed by atoms with Crippen LogP contribution in [0.5, 0.6) is 5.75 Å². The monoisotopic (exact) mass is 425 g/mol. The molecule has 1 aromatic heterocycles. The van der Waals surface area contributed by atoms with E-state index in [0.29, 0.717) is 11.3 Å². The first-order valence-electron chi connectivity index (χ1n) is 11.6. The van der Waals surface area contributed by atoms with Crippen LogP contribution in [0.2, 0.25) is 0 Å². The minimum absolute atomic E-state index is 0.0253. The summed E-state index contributed by atoms with van der Waals surface area (Å²) in [5.74, 6) is 0.554. The first-order valence-corrected chi connectivity index (χ1v) is 11.6. The summed E-state index contributed by atoms with van der Waals surface area (Å²) in [4.78, 5) is 27.5. The number of hydrogen-bond acceptors (Lipinski definition) is 5. The highest BCUT2D eigenvalue weighted by Gasteiger charge is 2.56. The summed E-state index contributed by atoms with van der Waals surface area (Å²) in [6.07, 6.45) is 7.51. The van der Waals surface area contributed by atoms with Gasteiger partial charge in [0.1, 0.15) is 11.3 Å². The molecule has 0 spiro atoms. The molecule has 0 unspecified atom stereocenters. The molecule has 2 fully saturated rings. The minimum Gasteiger partial charge on any atom is -0.483 e. The van der Waals surface area contributed by atoms with Crippen molar-refractivity contribution in [2.45, 2.75) is 77.3 Å². The van der Waals surface area contributed by atoms with E-state index in [2.05, 4.69) is 6.92 Å². The third-order valence-electron chi connectivity index (χ3n) is 8.10. The van der Waals surface area contributed by atoms with Crippen molar-refractivity contribution in [1.82, 2.24) is 4.90 Å². The summed E-state index contributed by atoms with van der Waals surface area (Å²) in [5, 5.41) is 11.0. The van der Waals surface area contributed by atoms with Crippen molar-refractivity contribution in [3.8, 4) is 5.75 Å². The summed E-state index contributed by atoms with van der Waals surface area (Å²) in [6.45, 7) is 4.07. The Labute approximate surface area is 182 Å². The third-order valence-corrected chi connectivity index (χ3v) is 8.10. The Bertz CT molecular complexity index is 1080. The number of aliphatic hydroxyl groups is 1. The van der Waals surface area contributed by atoms with E-state index in [1.54, 1.807) is 0 Å². The zero-order chi connectivity index (χ0) is 21.8. The number of rotatable bonds is 5. The van der Waals surface area contributed by atoms with Gasteiger partial charge in [0.25, 0.3) is 5.91 Å². The van der Waals surface area contributed by atoms with Gasteiger partial charge in [-0.15, -0.1) is 0 Å². The summed E-state index contributed by atoms with van der Waals surface area (Å²) < 4.78 is 11.6. The highest BCUT2D eigenvalue weighted by atomic mass is 16.5. The average molecular weight is 426 g/mol. The van der Waals surface area contributed by atoms with Crippen LogP contribution < -0.4 is 10.4 Å². The molecule has 5 rings (SSSR count). The van der Waals surface area contributed by atoms with Gasteiger partial charge in [0.05, 0.1) is 6.61 Å². The van der Waals surface area contributed by atoms with Gasteiger partial charge in [-0.2, -0.15) is 0 Å². The number of amides is 1. The predicted octanol–water partition coefficient (Wildman–Crippen LogP) is 3.51. The van der Waals surface area contributed by atoms with Gasteiger partial charge >= 0.3 is 5.63 Å². The van der Waals surface area contributed by atoms with Crippen LogP contribution in [0.3, 0.4) is 0 Å². The standard InChI is InChI=1S/C25H31NO5/c1-3-25(14-27)12-16-8-11-21(25)26(16)22(28)13-30-20-10-9-18-17-6-4-5-7-19(17)24(29)31-23(18)15(20)2/h9-10,16,21,27H,3-8,11-14H2,1-2H3/t16-,21+,25-/m1/s1.